The molecule has 7 nitrogen and oxygen atoms in total. The Morgan fingerprint density at radius 2 is 1.57 bits per heavy atom. The van der Waals surface area contributed by atoms with Crippen LogP contribution in [-0.2, 0) is 25.3 Å². The monoisotopic (exact) mass is 550 g/mol. The highest BCUT2D eigenvalue weighted by Crippen LogP contribution is 2.45. The van der Waals surface area contributed by atoms with Crippen LogP contribution in [0.3, 0.4) is 0 Å². The molecule has 206 valence electrons. The van der Waals surface area contributed by atoms with Crippen LogP contribution >= 0.6 is 0 Å². The fraction of sp³-hybridized carbons (Fsp3) is 0.267. The first-order chi connectivity index (χ1) is 19.1. The van der Waals surface area contributed by atoms with Crippen molar-refractivity contribution in [2.45, 2.75) is 31.4 Å². The number of alkyl halides is 3. The van der Waals surface area contributed by atoms with Crippen LogP contribution in [0.15, 0.2) is 78.9 Å². The van der Waals surface area contributed by atoms with Gasteiger partial charge in [-0.2, -0.15) is 13.2 Å². The predicted octanol–water partition coefficient (Wildman–Crippen LogP) is 5.57. The molecule has 1 aliphatic heterocycles. The number of carbonyl (C=O) groups is 4. The van der Waals surface area contributed by atoms with Gasteiger partial charge in [-0.15, -0.1) is 0 Å². The average molecular weight is 551 g/mol. The van der Waals surface area contributed by atoms with Gasteiger partial charge in [-0.05, 0) is 73.2 Å². The quantitative estimate of drug-likeness (QED) is 0.320. The van der Waals surface area contributed by atoms with Gasteiger partial charge in [0.15, 0.2) is 6.61 Å². The Hall–Kier alpha value is -4.47. The first-order valence-corrected chi connectivity index (χ1v) is 12.8. The average Bonchev–Trinajstić information content (AvgIpc) is 3.20. The maximum absolute atomic E-state index is 13.3. The van der Waals surface area contributed by atoms with E-state index in [1.165, 1.54) is 35.2 Å². The third kappa shape index (κ3) is 5.61. The third-order valence-electron chi connectivity index (χ3n) is 7.37. The highest BCUT2D eigenvalue weighted by Gasteiger charge is 2.50. The van der Waals surface area contributed by atoms with Crippen LogP contribution < -0.4 is 10.2 Å². The number of hydrogen-bond acceptors (Lipinski definition) is 5. The maximum Gasteiger partial charge on any atom is 0.416 e. The SMILES string of the molecule is O=C(COC(=O)c1ccc(N2C(=O)[C@@H]3CC[C@@H](c4ccccc4)C[C@H]3C2=O)cc1)Nc1cccc(C(F)(F)F)c1. The summed E-state index contributed by atoms with van der Waals surface area (Å²) in [5.41, 5.74) is 0.574. The van der Waals surface area contributed by atoms with Crippen molar-refractivity contribution in [3.63, 3.8) is 0 Å². The van der Waals surface area contributed by atoms with Crippen molar-refractivity contribution in [1.29, 1.82) is 0 Å². The molecule has 1 saturated heterocycles. The second kappa shape index (κ2) is 11.0. The summed E-state index contributed by atoms with van der Waals surface area (Å²) in [6.07, 6.45) is -2.52. The van der Waals surface area contributed by atoms with E-state index in [2.05, 4.69) is 5.32 Å². The molecule has 2 aliphatic rings. The second-order valence-corrected chi connectivity index (χ2v) is 9.90. The largest absolute Gasteiger partial charge is 0.452 e. The summed E-state index contributed by atoms with van der Waals surface area (Å²) in [5.74, 6) is -2.71. The van der Waals surface area contributed by atoms with E-state index in [-0.39, 0.29) is 34.9 Å². The van der Waals surface area contributed by atoms with E-state index in [4.69, 9.17) is 4.74 Å². The topological polar surface area (TPSA) is 92.8 Å². The zero-order valence-electron chi connectivity index (χ0n) is 21.2. The van der Waals surface area contributed by atoms with Gasteiger partial charge >= 0.3 is 12.1 Å². The van der Waals surface area contributed by atoms with Crippen molar-refractivity contribution in [3.05, 3.63) is 95.6 Å². The molecular weight excluding hydrogens is 525 g/mol. The van der Waals surface area contributed by atoms with Crippen LogP contribution in [0.5, 0.6) is 0 Å². The van der Waals surface area contributed by atoms with Crippen molar-refractivity contribution in [3.8, 4) is 0 Å². The van der Waals surface area contributed by atoms with Crippen molar-refractivity contribution >= 4 is 35.1 Å². The van der Waals surface area contributed by atoms with Gasteiger partial charge in [-0.3, -0.25) is 19.3 Å². The summed E-state index contributed by atoms with van der Waals surface area (Å²) in [6, 6.07) is 19.7. The fourth-order valence-electron chi connectivity index (χ4n) is 5.39. The first-order valence-electron chi connectivity index (χ1n) is 12.8. The number of imide groups is 1. The van der Waals surface area contributed by atoms with Gasteiger partial charge in [0.2, 0.25) is 11.8 Å². The molecule has 1 heterocycles. The highest BCUT2D eigenvalue weighted by atomic mass is 19.4. The number of nitrogens with one attached hydrogen (secondary N) is 1. The number of hydrogen-bond donors (Lipinski definition) is 1. The van der Waals surface area contributed by atoms with E-state index < -0.39 is 36.1 Å². The lowest BCUT2D eigenvalue weighted by molar-refractivity contribution is -0.137. The van der Waals surface area contributed by atoms with Crippen molar-refractivity contribution < 1.29 is 37.1 Å². The Kier molecular flexibility index (Phi) is 7.42. The molecule has 3 amide bonds. The minimum absolute atomic E-state index is 0.0799. The number of benzene rings is 3. The lowest BCUT2D eigenvalue weighted by Crippen LogP contribution is -2.30. The lowest BCUT2D eigenvalue weighted by Gasteiger charge is -2.28. The minimum Gasteiger partial charge on any atom is -0.452 e. The standard InChI is InChI=1S/C30H25F3N2O5/c31-30(32,33)21-7-4-8-22(16-21)34-26(36)17-40-29(39)19-9-12-23(13-10-19)35-27(37)24-14-11-20(15-25(24)28(35)38)18-5-2-1-3-6-18/h1-10,12-13,16,20,24-25H,11,14-15,17H2,(H,34,36)/t20-,24-,25-/m1/s1. The molecule has 3 atom stereocenters. The number of amides is 3. The van der Waals surface area contributed by atoms with Crippen molar-refractivity contribution in [2.75, 3.05) is 16.8 Å². The van der Waals surface area contributed by atoms with E-state index in [0.29, 0.717) is 18.5 Å². The van der Waals surface area contributed by atoms with Gasteiger partial charge in [0, 0.05) is 5.69 Å². The van der Waals surface area contributed by atoms with Crippen LogP contribution in [0.4, 0.5) is 24.5 Å². The summed E-state index contributed by atoms with van der Waals surface area (Å²) in [5, 5.41) is 2.26. The van der Waals surface area contributed by atoms with Crippen molar-refractivity contribution in [1.82, 2.24) is 0 Å². The van der Waals surface area contributed by atoms with Gasteiger partial charge in [-0.25, -0.2) is 4.79 Å². The van der Waals surface area contributed by atoms with Gasteiger partial charge in [0.25, 0.3) is 5.91 Å². The van der Waals surface area contributed by atoms with Crippen LogP contribution in [0.2, 0.25) is 0 Å². The lowest BCUT2D eigenvalue weighted by atomic mass is 9.73. The number of esters is 1. The van der Waals surface area contributed by atoms with Crippen LogP contribution in [0.25, 0.3) is 0 Å². The maximum atomic E-state index is 13.3. The molecule has 0 spiro atoms. The van der Waals surface area contributed by atoms with Gasteiger partial charge in [0.05, 0.1) is 28.7 Å². The van der Waals surface area contributed by atoms with E-state index in [1.807, 2.05) is 30.3 Å². The third-order valence-corrected chi connectivity index (χ3v) is 7.37. The number of carbonyl (C=O) groups excluding carboxylic acids is 4. The summed E-state index contributed by atoms with van der Waals surface area (Å²) in [4.78, 5) is 52.1. The molecule has 3 aromatic carbocycles. The summed E-state index contributed by atoms with van der Waals surface area (Å²) >= 11 is 0. The smallest absolute Gasteiger partial charge is 0.416 e. The van der Waals surface area contributed by atoms with Gasteiger partial charge < -0.3 is 10.1 Å². The number of anilines is 2. The minimum atomic E-state index is -4.56. The van der Waals surface area contributed by atoms with Gasteiger partial charge in [-0.1, -0.05) is 36.4 Å². The Morgan fingerprint density at radius 3 is 2.27 bits per heavy atom. The summed E-state index contributed by atoms with van der Waals surface area (Å²) in [7, 11) is 0. The summed E-state index contributed by atoms with van der Waals surface area (Å²) in [6.45, 7) is -0.716. The normalized spacial score (nSPS) is 20.7. The molecule has 1 aliphatic carbocycles. The van der Waals surface area contributed by atoms with E-state index in [9.17, 15) is 32.3 Å². The van der Waals surface area contributed by atoms with Gasteiger partial charge in [0.1, 0.15) is 0 Å². The molecule has 1 saturated carbocycles. The van der Waals surface area contributed by atoms with Crippen LogP contribution in [0, 0.1) is 11.8 Å². The van der Waals surface area contributed by atoms with Crippen LogP contribution in [0.1, 0.15) is 46.7 Å². The molecule has 0 aromatic heterocycles. The first kappa shape index (κ1) is 27.1. The Bertz CT molecular complexity index is 1440. The molecule has 10 heteroatoms. The summed E-state index contributed by atoms with van der Waals surface area (Å²) < 4.78 is 43.5. The predicted molar refractivity (Wildman–Crippen MR) is 139 cm³/mol. The fourth-order valence-corrected chi connectivity index (χ4v) is 5.39. The molecule has 2 fully saturated rings. The Balaban J connectivity index is 1.18. The zero-order valence-corrected chi connectivity index (χ0v) is 21.2. The molecule has 0 radical (unpaired) electrons. The zero-order chi connectivity index (χ0) is 28.4. The molecule has 3 aromatic rings. The molecular formula is C30H25F3N2O5. The van der Waals surface area contributed by atoms with E-state index in [1.54, 1.807) is 0 Å². The number of halogens is 3. The second-order valence-electron chi connectivity index (χ2n) is 9.90. The number of fused-ring (bicyclic) bond motifs is 1. The highest BCUT2D eigenvalue weighted by molar-refractivity contribution is 6.22. The Labute approximate surface area is 227 Å². The molecule has 0 unspecified atom stereocenters. The van der Waals surface area contributed by atoms with E-state index in [0.717, 1.165) is 30.2 Å². The molecule has 5 rings (SSSR count). The molecule has 40 heavy (non-hydrogen) atoms. The van der Waals surface area contributed by atoms with Crippen molar-refractivity contribution in [2.24, 2.45) is 11.8 Å². The molecule has 0 bridgehead atoms. The Morgan fingerprint density at radius 1 is 0.875 bits per heavy atom. The van der Waals surface area contributed by atoms with E-state index >= 15 is 0 Å². The number of rotatable bonds is 6. The molecule has 1 N–H and O–H groups in total. The number of nitrogens with zero attached hydrogens (tertiary/aromatic N) is 1. The van der Waals surface area contributed by atoms with Crippen LogP contribution in [-0.4, -0.2) is 30.3 Å². The number of ether oxygens (including phenoxy) is 1.